The predicted octanol–water partition coefficient (Wildman–Crippen LogP) is 3.82. The van der Waals surface area contributed by atoms with Crippen LogP contribution in [0.1, 0.15) is 52.5 Å². The Morgan fingerprint density at radius 2 is 1.64 bits per heavy atom. The molecule has 1 aliphatic carbocycles. The van der Waals surface area contributed by atoms with Gasteiger partial charge in [0.15, 0.2) is 0 Å². The first kappa shape index (κ1) is 18.0. The molecule has 2 aliphatic rings. The van der Waals surface area contributed by atoms with Crippen molar-refractivity contribution in [1.29, 1.82) is 0 Å². The third-order valence-electron chi connectivity index (χ3n) is 5.56. The van der Waals surface area contributed by atoms with Gasteiger partial charge in [-0.05, 0) is 48.3 Å². The summed E-state index contributed by atoms with van der Waals surface area (Å²) in [5.41, 5.74) is 2.15. The van der Waals surface area contributed by atoms with E-state index in [2.05, 4.69) is 45.1 Å². The summed E-state index contributed by atoms with van der Waals surface area (Å²) < 4.78 is 0. The lowest BCUT2D eigenvalue weighted by Crippen LogP contribution is -2.39. The van der Waals surface area contributed by atoms with E-state index in [0.717, 1.165) is 31.6 Å². The van der Waals surface area contributed by atoms with Crippen molar-refractivity contribution in [2.45, 2.75) is 52.4 Å². The summed E-state index contributed by atoms with van der Waals surface area (Å²) in [6.45, 7) is 10.4. The number of carbonyl (C=O) groups excluding carboxylic acids is 2. The van der Waals surface area contributed by atoms with E-state index < -0.39 is 0 Å². The lowest BCUT2D eigenvalue weighted by molar-refractivity contribution is -0.135. The zero-order valence-electron chi connectivity index (χ0n) is 15.8. The van der Waals surface area contributed by atoms with Crippen molar-refractivity contribution < 1.29 is 9.59 Å². The Balaban J connectivity index is 1.52. The van der Waals surface area contributed by atoms with Gasteiger partial charge in [0.25, 0.3) is 0 Å². The van der Waals surface area contributed by atoms with Gasteiger partial charge < -0.3 is 10.2 Å². The molecule has 2 unspecified atom stereocenters. The van der Waals surface area contributed by atoms with E-state index in [-0.39, 0.29) is 29.1 Å². The Labute approximate surface area is 151 Å². The van der Waals surface area contributed by atoms with Crippen LogP contribution in [0.25, 0.3) is 0 Å². The van der Waals surface area contributed by atoms with Crippen LogP contribution < -0.4 is 5.32 Å². The van der Waals surface area contributed by atoms with E-state index in [1.165, 1.54) is 5.56 Å². The lowest BCUT2D eigenvalue weighted by Gasteiger charge is -2.30. The molecule has 2 amide bonds. The number of carbonyl (C=O) groups is 2. The molecule has 0 aromatic heterocycles. The molecule has 1 aromatic rings. The molecular formula is C21H30N2O2. The van der Waals surface area contributed by atoms with E-state index in [1.54, 1.807) is 0 Å². The van der Waals surface area contributed by atoms with Gasteiger partial charge in [-0.15, -0.1) is 0 Å². The second kappa shape index (κ2) is 6.81. The maximum atomic E-state index is 12.5. The maximum Gasteiger partial charge on any atom is 0.228 e. The fourth-order valence-corrected chi connectivity index (χ4v) is 3.51. The zero-order chi connectivity index (χ0) is 18.2. The standard InChI is InChI=1S/C21H30N2O2/c1-14-9-11-23(12-10-14)20(25)18-13-17(18)19(24)22-16-7-5-15(6-8-16)21(2,3)4/h5-8,14,17-18H,9-13H2,1-4H3,(H,22,24). The van der Waals surface area contributed by atoms with Gasteiger partial charge in [-0.1, -0.05) is 39.8 Å². The van der Waals surface area contributed by atoms with E-state index in [4.69, 9.17) is 0 Å². The summed E-state index contributed by atoms with van der Waals surface area (Å²) >= 11 is 0. The highest BCUT2D eigenvalue weighted by atomic mass is 16.2. The Bertz CT molecular complexity index is 637. The van der Waals surface area contributed by atoms with Crippen LogP contribution in [0.2, 0.25) is 0 Å². The van der Waals surface area contributed by atoms with Gasteiger partial charge in [0.05, 0.1) is 11.8 Å². The van der Waals surface area contributed by atoms with E-state index in [1.807, 2.05) is 17.0 Å². The number of amides is 2. The number of piperidine rings is 1. The van der Waals surface area contributed by atoms with Gasteiger partial charge >= 0.3 is 0 Å². The van der Waals surface area contributed by atoms with Crippen molar-refractivity contribution in [1.82, 2.24) is 4.90 Å². The number of hydrogen-bond acceptors (Lipinski definition) is 2. The molecule has 2 fully saturated rings. The highest BCUT2D eigenvalue weighted by Gasteiger charge is 2.49. The summed E-state index contributed by atoms with van der Waals surface area (Å²) in [7, 11) is 0. The molecule has 0 bridgehead atoms. The molecule has 1 saturated carbocycles. The number of rotatable bonds is 3. The maximum absolute atomic E-state index is 12.5. The first-order valence-electron chi connectivity index (χ1n) is 9.46. The molecular weight excluding hydrogens is 312 g/mol. The van der Waals surface area contributed by atoms with Crippen molar-refractivity contribution >= 4 is 17.5 Å². The number of nitrogens with one attached hydrogen (secondary N) is 1. The molecule has 0 spiro atoms. The van der Waals surface area contributed by atoms with E-state index in [0.29, 0.717) is 12.3 Å². The molecule has 1 N–H and O–H groups in total. The Morgan fingerprint density at radius 1 is 1.04 bits per heavy atom. The third-order valence-corrected chi connectivity index (χ3v) is 5.56. The summed E-state index contributed by atoms with van der Waals surface area (Å²) in [5, 5.41) is 2.97. The normalized spacial score (nSPS) is 24.1. The van der Waals surface area contributed by atoms with Crippen LogP contribution in [0.5, 0.6) is 0 Å². The van der Waals surface area contributed by atoms with Gasteiger partial charge in [-0.2, -0.15) is 0 Å². The molecule has 136 valence electrons. The monoisotopic (exact) mass is 342 g/mol. The molecule has 25 heavy (non-hydrogen) atoms. The van der Waals surface area contributed by atoms with Crippen LogP contribution in [-0.4, -0.2) is 29.8 Å². The smallest absolute Gasteiger partial charge is 0.228 e. The van der Waals surface area contributed by atoms with Gasteiger partial charge in [0.1, 0.15) is 0 Å². The van der Waals surface area contributed by atoms with Gasteiger partial charge in [-0.25, -0.2) is 0 Å². The first-order valence-corrected chi connectivity index (χ1v) is 9.46. The minimum atomic E-state index is -0.158. The van der Waals surface area contributed by atoms with Crippen LogP contribution in [0, 0.1) is 17.8 Å². The number of anilines is 1. The Hall–Kier alpha value is -1.84. The first-order chi connectivity index (χ1) is 11.8. The van der Waals surface area contributed by atoms with Crippen LogP contribution in [0.4, 0.5) is 5.69 Å². The number of hydrogen-bond donors (Lipinski definition) is 1. The summed E-state index contributed by atoms with van der Waals surface area (Å²) in [5.74, 6) is 0.595. The van der Waals surface area contributed by atoms with Crippen LogP contribution in [-0.2, 0) is 15.0 Å². The highest BCUT2D eigenvalue weighted by Crippen LogP contribution is 2.41. The Morgan fingerprint density at radius 3 is 2.20 bits per heavy atom. The van der Waals surface area contributed by atoms with Gasteiger partial charge in [-0.3, -0.25) is 9.59 Å². The van der Waals surface area contributed by atoms with Crippen molar-refractivity contribution in [2.24, 2.45) is 17.8 Å². The van der Waals surface area contributed by atoms with Gasteiger partial charge in [0, 0.05) is 18.8 Å². The molecule has 1 aromatic carbocycles. The summed E-state index contributed by atoms with van der Waals surface area (Å²) in [6.07, 6.45) is 2.85. The predicted molar refractivity (Wildman–Crippen MR) is 100 cm³/mol. The average molecular weight is 342 g/mol. The van der Waals surface area contributed by atoms with Crippen molar-refractivity contribution in [3.63, 3.8) is 0 Å². The van der Waals surface area contributed by atoms with E-state index >= 15 is 0 Å². The highest BCUT2D eigenvalue weighted by molar-refractivity contribution is 5.99. The molecule has 1 aliphatic heterocycles. The van der Waals surface area contributed by atoms with Crippen molar-refractivity contribution in [3.8, 4) is 0 Å². The van der Waals surface area contributed by atoms with Crippen LogP contribution in [0.15, 0.2) is 24.3 Å². The minimum absolute atomic E-state index is 0.0211. The third kappa shape index (κ3) is 4.23. The second-order valence-electron chi connectivity index (χ2n) is 8.77. The average Bonchev–Trinajstić information content (AvgIpc) is 3.35. The fraction of sp³-hybridized carbons (Fsp3) is 0.619. The topological polar surface area (TPSA) is 49.4 Å². The van der Waals surface area contributed by atoms with E-state index in [9.17, 15) is 9.59 Å². The SMILES string of the molecule is CC1CCN(C(=O)C2CC2C(=O)Nc2ccc(C(C)(C)C)cc2)CC1. The largest absolute Gasteiger partial charge is 0.342 e. The van der Waals surface area contributed by atoms with Gasteiger partial charge in [0.2, 0.25) is 11.8 Å². The fourth-order valence-electron chi connectivity index (χ4n) is 3.51. The number of nitrogens with zero attached hydrogens (tertiary/aromatic N) is 1. The van der Waals surface area contributed by atoms with Crippen LogP contribution in [0.3, 0.4) is 0 Å². The Kier molecular flexibility index (Phi) is 4.90. The summed E-state index contributed by atoms with van der Waals surface area (Å²) in [6, 6.07) is 8.01. The lowest BCUT2D eigenvalue weighted by atomic mass is 9.87. The molecule has 0 radical (unpaired) electrons. The molecule has 4 nitrogen and oxygen atoms in total. The molecule has 1 saturated heterocycles. The molecule has 3 rings (SSSR count). The molecule has 4 heteroatoms. The minimum Gasteiger partial charge on any atom is -0.342 e. The number of likely N-dealkylation sites (tertiary alicyclic amines) is 1. The molecule has 1 heterocycles. The van der Waals surface area contributed by atoms with Crippen molar-refractivity contribution in [2.75, 3.05) is 18.4 Å². The zero-order valence-corrected chi connectivity index (χ0v) is 15.8. The number of benzene rings is 1. The van der Waals surface area contributed by atoms with Crippen molar-refractivity contribution in [3.05, 3.63) is 29.8 Å². The quantitative estimate of drug-likeness (QED) is 0.908. The summed E-state index contributed by atoms with van der Waals surface area (Å²) in [4.78, 5) is 26.9. The van der Waals surface area contributed by atoms with Crippen LogP contribution >= 0.6 is 0 Å². The molecule has 2 atom stereocenters. The second-order valence-corrected chi connectivity index (χ2v) is 8.77.